The maximum atomic E-state index is 13.6. The molecular formula is C11H9ClFN3O2. The van der Waals surface area contributed by atoms with Gasteiger partial charge in [0, 0.05) is 0 Å². The Morgan fingerprint density at radius 2 is 2.33 bits per heavy atom. The number of hydrogen-bond acceptors (Lipinski definition) is 4. The molecule has 0 radical (unpaired) electrons. The number of nitrogens with one attached hydrogen (secondary N) is 1. The zero-order valence-corrected chi connectivity index (χ0v) is 10.1. The Morgan fingerprint density at radius 3 is 3.00 bits per heavy atom. The molecule has 18 heavy (non-hydrogen) atoms. The molecule has 1 aromatic carbocycles. The Balaban J connectivity index is 2.15. The molecule has 94 valence electrons. The molecule has 0 saturated heterocycles. The van der Waals surface area contributed by atoms with E-state index in [4.69, 9.17) is 11.6 Å². The largest absolute Gasteiger partial charge is 0.343 e. The number of carbonyl (C=O) groups is 1. The van der Waals surface area contributed by atoms with Gasteiger partial charge in [0.25, 0.3) is 5.91 Å². The molecule has 5 nitrogen and oxygen atoms in total. The van der Waals surface area contributed by atoms with Crippen molar-refractivity contribution in [1.29, 1.82) is 0 Å². The molecule has 1 heterocycles. The predicted octanol–water partition coefficient (Wildman–Crippen LogP) is 2.35. The summed E-state index contributed by atoms with van der Waals surface area (Å²) in [7, 11) is 0. The summed E-state index contributed by atoms with van der Waals surface area (Å²) in [5, 5.41) is 6.02. The summed E-state index contributed by atoms with van der Waals surface area (Å²) in [6.45, 7) is 1.66. The van der Waals surface area contributed by atoms with E-state index in [1.807, 2.05) is 0 Å². The first-order valence-electron chi connectivity index (χ1n) is 5.10. The summed E-state index contributed by atoms with van der Waals surface area (Å²) in [5.74, 6) is -1.03. The highest BCUT2D eigenvalue weighted by Gasteiger charge is 2.18. The van der Waals surface area contributed by atoms with Gasteiger partial charge in [-0.2, -0.15) is 4.98 Å². The first-order chi connectivity index (χ1) is 8.59. The Bertz CT molecular complexity index is 559. The number of benzene rings is 1. The fourth-order valence-corrected chi connectivity index (χ4v) is 1.56. The molecule has 0 aliphatic carbocycles. The van der Waals surface area contributed by atoms with Crippen molar-refractivity contribution in [3.63, 3.8) is 0 Å². The van der Waals surface area contributed by atoms with Gasteiger partial charge >= 0.3 is 0 Å². The van der Waals surface area contributed by atoms with Crippen LogP contribution in [0.5, 0.6) is 0 Å². The highest BCUT2D eigenvalue weighted by molar-refractivity contribution is 6.31. The van der Waals surface area contributed by atoms with E-state index in [-0.39, 0.29) is 10.6 Å². The van der Waals surface area contributed by atoms with Crippen molar-refractivity contribution in [2.24, 2.45) is 0 Å². The van der Waals surface area contributed by atoms with Gasteiger partial charge in [-0.3, -0.25) is 4.79 Å². The topological polar surface area (TPSA) is 68.0 Å². The number of carbonyl (C=O) groups excluding carboxylic acids is 1. The van der Waals surface area contributed by atoms with Gasteiger partial charge in [-0.25, -0.2) is 4.39 Å². The summed E-state index contributed by atoms with van der Waals surface area (Å²) < 4.78 is 18.2. The first kappa shape index (κ1) is 12.5. The average Bonchev–Trinajstić information content (AvgIpc) is 2.86. The van der Waals surface area contributed by atoms with E-state index >= 15 is 0 Å². The van der Waals surface area contributed by atoms with E-state index in [0.29, 0.717) is 5.82 Å². The molecule has 0 aliphatic rings. The number of hydrogen-bond donors (Lipinski definition) is 1. The first-order valence-corrected chi connectivity index (χ1v) is 5.48. The number of amides is 1. The molecule has 0 fully saturated rings. The standard InChI is InChI=1S/C11H9ClFN3O2/c1-6(10-14-5-18-16-10)15-11(17)7-3-2-4-8(12)9(7)13/h2-6H,1H3,(H,15,17)/t6-/m0/s1. The second-order valence-electron chi connectivity index (χ2n) is 3.59. The van der Waals surface area contributed by atoms with Crippen LogP contribution in [0.15, 0.2) is 29.1 Å². The van der Waals surface area contributed by atoms with E-state index in [1.54, 1.807) is 6.92 Å². The maximum Gasteiger partial charge on any atom is 0.254 e. The van der Waals surface area contributed by atoms with Crippen LogP contribution in [0, 0.1) is 5.82 Å². The van der Waals surface area contributed by atoms with Gasteiger partial charge in [-0.1, -0.05) is 22.8 Å². The smallest absolute Gasteiger partial charge is 0.254 e. The highest BCUT2D eigenvalue weighted by atomic mass is 35.5. The van der Waals surface area contributed by atoms with Crippen molar-refractivity contribution >= 4 is 17.5 Å². The van der Waals surface area contributed by atoms with Crippen LogP contribution < -0.4 is 5.32 Å². The second-order valence-corrected chi connectivity index (χ2v) is 3.99. The lowest BCUT2D eigenvalue weighted by Gasteiger charge is -2.10. The van der Waals surface area contributed by atoms with Crippen molar-refractivity contribution in [2.75, 3.05) is 0 Å². The summed E-state index contributed by atoms with van der Waals surface area (Å²) in [6.07, 6.45) is 1.15. The Hall–Kier alpha value is -1.95. The van der Waals surface area contributed by atoms with Gasteiger partial charge in [0.15, 0.2) is 11.6 Å². The van der Waals surface area contributed by atoms with Crippen LogP contribution >= 0.6 is 11.6 Å². The minimum Gasteiger partial charge on any atom is -0.343 e. The minimum atomic E-state index is -0.753. The van der Waals surface area contributed by atoms with Gasteiger partial charge in [0.1, 0.15) is 0 Å². The minimum absolute atomic E-state index is 0.102. The van der Waals surface area contributed by atoms with E-state index in [9.17, 15) is 9.18 Å². The quantitative estimate of drug-likeness (QED) is 0.929. The SMILES string of the molecule is C[C@H](NC(=O)c1cccc(Cl)c1F)c1ncon1. The van der Waals surface area contributed by atoms with Crippen LogP contribution in [0.25, 0.3) is 0 Å². The Kier molecular flexibility index (Phi) is 3.57. The zero-order valence-electron chi connectivity index (χ0n) is 9.35. The normalized spacial score (nSPS) is 12.2. The second kappa shape index (κ2) is 5.14. The molecule has 2 rings (SSSR count). The third-order valence-corrected chi connectivity index (χ3v) is 2.60. The zero-order chi connectivity index (χ0) is 13.1. The van der Waals surface area contributed by atoms with Crippen LogP contribution in [0.4, 0.5) is 4.39 Å². The maximum absolute atomic E-state index is 13.6. The summed E-state index contributed by atoms with van der Waals surface area (Å²) in [5.41, 5.74) is -0.127. The Morgan fingerprint density at radius 1 is 1.56 bits per heavy atom. The van der Waals surface area contributed by atoms with E-state index in [2.05, 4.69) is 20.0 Å². The molecule has 0 spiro atoms. The van der Waals surface area contributed by atoms with E-state index < -0.39 is 17.8 Å². The summed E-state index contributed by atoms with van der Waals surface area (Å²) in [6, 6.07) is 3.73. The Labute approximate surface area is 107 Å². The van der Waals surface area contributed by atoms with Crippen LogP contribution in [0.2, 0.25) is 5.02 Å². The van der Waals surface area contributed by atoms with Crippen molar-refractivity contribution in [3.8, 4) is 0 Å². The van der Waals surface area contributed by atoms with Gasteiger partial charge in [-0.05, 0) is 19.1 Å². The molecule has 1 aromatic heterocycles. The van der Waals surface area contributed by atoms with Crippen LogP contribution in [-0.4, -0.2) is 16.0 Å². The molecule has 2 aromatic rings. The lowest BCUT2D eigenvalue weighted by atomic mass is 10.2. The van der Waals surface area contributed by atoms with Gasteiger partial charge in [-0.15, -0.1) is 0 Å². The predicted molar refractivity (Wildman–Crippen MR) is 61.6 cm³/mol. The molecule has 0 saturated carbocycles. The van der Waals surface area contributed by atoms with E-state index in [0.717, 1.165) is 6.39 Å². The molecule has 0 aliphatic heterocycles. The molecule has 1 amide bonds. The van der Waals surface area contributed by atoms with Gasteiger partial charge in [0.05, 0.1) is 16.6 Å². The van der Waals surface area contributed by atoms with Crippen molar-refractivity contribution in [2.45, 2.75) is 13.0 Å². The molecular weight excluding hydrogens is 261 g/mol. The third-order valence-electron chi connectivity index (χ3n) is 2.31. The molecule has 7 heteroatoms. The lowest BCUT2D eigenvalue weighted by Crippen LogP contribution is -2.28. The summed E-state index contributed by atoms with van der Waals surface area (Å²) >= 11 is 5.60. The highest BCUT2D eigenvalue weighted by Crippen LogP contribution is 2.18. The number of aromatic nitrogens is 2. The fourth-order valence-electron chi connectivity index (χ4n) is 1.39. The lowest BCUT2D eigenvalue weighted by molar-refractivity contribution is 0.0934. The van der Waals surface area contributed by atoms with Gasteiger partial charge in [0.2, 0.25) is 6.39 Å². The van der Waals surface area contributed by atoms with Crippen molar-refractivity contribution < 1.29 is 13.7 Å². The fraction of sp³-hybridized carbons (Fsp3) is 0.182. The van der Waals surface area contributed by atoms with E-state index in [1.165, 1.54) is 18.2 Å². The van der Waals surface area contributed by atoms with Crippen LogP contribution in [0.1, 0.15) is 29.1 Å². The van der Waals surface area contributed by atoms with Gasteiger partial charge < -0.3 is 9.84 Å². The third kappa shape index (κ3) is 2.48. The number of halogens is 2. The van der Waals surface area contributed by atoms with Crippen molar-refractivity contribution in [3.05, 3.63) is 46.8 Å². The molecule has 1 atom stereocenters. The average molecular weight is 270 g/mol. The number of nitrogens with zero attached hydrogens (tertiary/aromatic N) is 2. The summed E-state index contributed by atoms with van der Waals surface area (Å²) in [4.78, 5) is 15.6. The monoisotopic (exact) mass is 269 g/mol. The molecule has 0 bridgehead atoms. The molecule has 1 N–H and O–H groups in total. The molecule has 0 unspecified atom stereocenters. The van der Waals surface area contributed by atoms with Crippen LogP contribution in [-0.2, 0) is 0 Å². The van der Waals surface area contributed by atoms with Crippen molar-refractivity contribution in [1.82, 2.24) is 15.5 Å². The van der Waals surface area contributed by atoms with Crippen LogP contribution in [0.3, 0.4) is 0 Å². The number of rotatable bonds is 3.